The Bertz CT molecular complexity index is 725. The second-order valence-electron chi connectivity index (χ2n) is 6.98. The van der Waals surface area contributed by atoms with Gasteiger partial charge in [-0.25, -0.2) is 4.79 Å². The molecule has 2 rings (SSSR count). The molecule has 2 amide bonds. The van der Waals surface area contributed by atoms with Crippen molar-refractivity contribution < 1.29 is 24.3 Å². The van der Waals surface area contributed by atoms with Gasteiger partial charge in [-0.1, -0.05) is 49.0 Å². The minimum atomic E-state index is -1.11. The van der Waals surface area contributed by atoms with Crippen LogP contribution in [0, 0.1) is 5.92 Å². The fourth-order valence-corrected chi connectivity index (χ4v) is 3.84. The number of hydrogen-bond donors (Lipinski definition) is 2. The van der Waals surface area contributed by atoms with Gasteiger partial charge in [-0.2, -0.15) is 0 Å². The smallest absolute Gasteiger partial charge is 0.326 e. The summed E-state index contributed by atoms with van der Waals surface area (Å²) < 4.78 is 0. The van der Waals surface area contributed by atoms with Crippen molar-refractivity contribution in [2.24, 2.45) is 5.92 Å². The van der Waals surface area contributed by atoms with Gasteiger partial charge in [0.05, 0.1) is 0 Å². The summed E-state index contributed by atoms with van der Waals surface area (Å²) in [6.07, 6.45) is 1.36. The summed E-state index contributed by atoms with van der Waals surface area (Å²) in [6.45, 7) is 3.65. The van der Waals surface area contributed by atoms with Gasteiger partial charge in [0.25, 0.3) is 0 Å². The number of likely N-dealkylation sites (tertiary alicyclic amines) is 1. The van der Waals surface area contributed by atoms with E-state index >= 15 is 0 Å². The van der Waals surface area contributed by atoms with E-state index in [1.807, 2.05) is 30.3 Å². The molecule has 1 aromatic carbocycles. The maximum atomic E-state index is 12.7. The fraction of sp³-hybridized carbons (Fsp3) is 0.500. The van der Waals surface area contributed by atoms with Gasteiger partial charge in [0.2, 0.25) is 11.8 Å². The van der Waals surface area contributed by atoms with Crippen LogP contribution in [-0.2, 0) is 25.6 Å². The molecule has 7 nitrogen and oxygen atoms in total. The molecule has 152 valence electrons. The molecule has 0 spiro atoms. The molecule has 28 heavy (non-hydrogen) atoms. The van der Waals surface area contributed by atoms with Crippen molar-refractivity contribution in [1.29, 1.82) is 0 Å². The quantitative estimate of drug-likeness (QED) is 0.681. The van der Waals surface area contributed by atoms with E-state index in [4.69, 9.17) is 0 Å². The lowest BCUT2D eigenvalue weighted by Crippen LogP contribution is -2.52. The monoisotopic (exact) mass is 406 g/mol. The largest absolute Gasteiger partial charge is 0.480 e. The summed E-state index contributed by atoms with van der Waals surface area (Å²) in [5, 5.41) is 12.0. The van der Waals surface area contributed by atoms with E-state index in [1.165, 1.54) is 11.8 Å². The zero-order valence-corrected chi connectivity index (χ0v) is 16.9. The third-order valence-electron chi connectivity index (χ3n) is 4.69. The number of rotatable bonds is 8. The van der Waals surface area contributed by atoms with Crippen LogP contribution >= 0.6 is 11.8 Å². The van der Waals surface area contributed by atoms with Crippen molar-refractivity contribution in [1.82, 2.24) is 10.2 Å². The van der Waals surface area contributed by atoms with Gasteiger partial charge in [0.1, 0.15) is 12.1 Å². The molecule has 0 saturated carbocycles. The molecule has 0 radical (unpaired) electrons. The number of carbonyl (C=O) groups is 4. The number of aliphatic carboxylic acids is 1. The molecule has 1 heterocycles. The molecule has 1 aromatic rings. The topological polar surface area (TPSA) is 104 Å². The zero-order chi connectivity index (χ0) is 20.7. The first kappa shape index (κ1) is 21.9. The number of nitrogens with zero attached hydrogens (tertiary/aromatic N) is 1. The van der Waals surface area contributed by atoms with Gasteiger partial charge in [0, 0.05) is 31.6 Å². The maximum Gasteiger partial charge on any atom is 0.326 e. The number of hydrogen-bond acceptors (Lipinski definition) is 5. The Morgan fingerprint density at radius 1 is 1.25 bits per heavy atom. The van der Waals surface area contributed by atoms with Gasteiger partial charge in [-0.3, -0.25) is 14.4 Å². The number of carboxylic acids is 1. The lowest BCUT2D eigenvalue weighted by molar-refractivity contribution is -0.144. The van der Waals surface area contributed by atoms with Crippen molar-refractivity contribution in [3.63, 3.8) is 0 Å². The predicted octanol–water partition coefficient (Wildman–Crippen LogP) is 1.71. The minimum absolute atomic E-state index is 0.0550. The Hall–Kier alpha value is -2.35. The predicted molar refractivity (Wildman–Crippen MR) is 107 cm³/mol. The highest BCUT2D eigenvalue weighted by Crippen LogP contribution is 2.22. The molecule has 0 bridgehead atoms. The lowest BCUT2D eigenvalue weighted by atomic mass is 10.1. The molecule has 1 aliphatic rings. The maximum absolute atomic E-state index is 12.7. The summed E-state index contributed by atoms with van der Waals surface area (Å²) in [6, 6.07) is 7.35. The highest BCUT2D eigenvalue weighted by atomic mass is 32.2. The Labute approximate surface area is 168 Å². The van der Waals surface area contributed by atoms with Crippen LogP contribution in [0.15, 0.2) is 30.3 Å². The van der Waals surface area contributed by atoms with Crippen LogP contribution in [0.1, 0.15) is 32.3 Å². The Morgan fingerprint density at radius 2 is 1.93 bits per heavy atom. The van der Waals surface area contributed by atoms with Gasteiger partial charge < -0.3 is 15.3 Å². The summed E-state index contributed by atoms with van der Waals surface area (Å²) in [4.78, 5) is 49.6. The van der Waals surface area contributed by atoms with Gasteiger partial charge in [-0.05, 0) is 18.4 Å². The van der Waals surface area contributed by atoms with Crippen LogP contribution in [-0.4, -0.2) is 57.3 Å². The van der Waals surface area contributed by atoms with Gasteiger partial charge in [-0.15, -0.1) is 0 Å². The van der Waals surface area contributed by atoms with Crippen molar-refractivity contribution in [2.45, 2.75) is 45.2 Å². The average molecular weight is 407 g/mol. The molecule has 1 fully saturated rings. The Balaban J connectivity index is 2.01. The first-order valence-electron chi connectivity index (χ1n) is 9.30. The van der Waals surface area contributed by atoms with Crippen LogP contribution in [0.25, 0.3) is 0 Å². The van der Waals surface area contributed by atoms with Crippen molar-refractivity contribution >= 4 is 34.7 Å². The third kappa shape index (κ3) is 6.09. The summed E-state index contributed by atoms with van der Waals surface area (Å²) in [7, 11) is 0. The molecule has 1 unspecified atom stereocenters. The van der Waals surface area contributed by atoms with E-state index in [9.17, 15) is 24.3 Å². The van der Waals surface area contributed by atoms with E-state index < -0.39 is 24.0 Å². The number of nitrogens with one attached hydrogen (secondary N) is 1. The lowest BCUT2D eigenvalue weighted by Gasteiger charge is -2.27. The minimum Gasteiger partial charge on any atom is -0.480 e. The molecule has 0 aliphatic carbocycles. The molecule has 3 atom stereocenters. The van der Waals surface area contributed by atoms with E-state index in [2.05, 4.69) is 5.32 Å². The Morgan fingerprint density at radius 3 is 2.54 bits per heavy atom. The molecule has 1 saturated heterocycles. The van der Waals surface area contributed by atoms with E-state index in [0.717, 1.165) is 17.3 Å². The van der Waals surface area contributed by atoms with Crippen LogP contribution in [0.5, 0.6) is 0 Å². The van der Waals surface area contributed by atoms with Crippen LogP contribution in [0.4, 0.5) is 0 Å². The van der Waals surface area contributed by atoms with Crippen LogP contribution in [0.3, 0.4) is 0 Å². The molecule has 0 aromatic heterocycles. The zero-order valence-electron chi connectivity index (χ0n) is 16.1. The second kappa shape index (κ2) is 10.3. The third-order valence-corrected chi connectivity index (χ3v) is 5.77. The summed E-state index contributed by atoms with van der Waals surface area (Å²) in [5.41, 5.74) is 0.810. The molecule has 2 N–H and O–H groups in total. The number of thioether (sulfide) groups is 1. The number of benzene rings is 1. The van der Waals surface area contributed by atoms with Crippen molar-refractivity contribution in [3.05, 3.63) is 35.9 Å². The van der Waals surface area contributed by atoms with Crippen LogP contribution < -0.4 is 5.32 Å². The summed E-state index contributed by atoms with van der Waals surface area (Å²) >= 11 is 1.09. The van der Waals surface area contributed by atoms with E-state index in [0.29, 0.717) is 25.1 Å². The van der Waals surface area contributed by atoms with E-state index in [-0.39, 0.29) is 23.4 Å². The SMILES string of the molecule is CC(=O)SC[C@@H](C)C(=O)N1CCC[C@H]1C(=O)NC(Cc1ccccc1)C(=O)O. The molecule has 1 aliphatic heterocycles. The first-order valence-corrected chi connectivity index (χ1v) is 10.3. The number of carbonyl (C=O) groups excluding carboxylic acids is 3. The second-order valence-corrected chi connectivity index (χ2v) is 8.18. The Kier molecular flexibility index (Phi) is 8.04. The standard InChI is InChI=1S/C20H26N2O5S/c1-13(12-28-14(2)23)19(25)22-10-6-9-17(22)18(24)21-16(20(26)27)11-15-7-4-3-5-8-15/h3-5,7-8,13,16-17H,6,9-12H2,1-2H3,(H,21,24)(H,26,27)/t13-,16?,17+/m1/s1. The molecular formula is C20H26N2O5S. The number of carboxylic acid groups (broad SMARTS) is 1. The van der Waals surface area contributed by atoms with Gasteiger partial charge >= 0.3 is 5.97 Å². The van der Waals surface area contributed by atoms with E-state index in [1.54, 1.807) is 6.92 Å². The highest BCUT2D eigenvalue weighted by Gasteiger charge is 2.37. The fourth-order valence-electron chi connectivity index (χ4n) is 3.22. The van der Waals surface area contributed by atoms with Crippen molar-refractivity contribution in [2.75, 3.05) is 12.3 Å². The van der Waals surface area contributed by atoms with Crippen molar-refractivity contribution in [3.8, 4) is 0 Å². The highest BCUT2D eigenvalue weighted by molar-refractivity contribution is 8.13. The molecular weight excluding hydrogens is 380 g/mol. The normalized spacial score (nSPS) is 18.4. The molecule has 8 heteroatoms. The van der Waals surface area contributed by atoms with Gasteiger partial charge in [0.15, 0.2) is 5.12 Å². The number of amides is 2. The first-order chi connectivity index (χ1) is 13.3. The van der Waals surface area contributed by atoms with Crippen LogP contribution in [0.2, 0.25) is 0 Å². The summed E-state index contributed by atoms with van der Waals surface area (Å²) in [5.74, 6) is -1.76. The average Bonchev–Trinajstić information content (AvgIpc) is 3.15.